The summed E-state index contributed by atoms with van der Waals surface area (Å²) in [6.45, 7) is 3.43. The second kappa shape index (κ2) is 5.87. The summed E-state index contributed by atoms with van der Waals surface area (Å²) in [5.41, 5.74) is 1.66. The van der Waals surface area contributed by atoms with Gasteiger partial charge in [0.25, 0.3) is 0 Å². The first-order valence-corrected chi connectivity index (χ1v) is 7.73. The predicted octanol–water partition coefficient (Wildman–Crippen LogP) is 2.05. The minimum atomic E-state index is -0.115. The van der Waals surface area contributed by atoms with Crippen molar-refractivity contribution in [1.82, 2.24) is 10.2 Å². The van der Waals surface area contributed by atoms with Gasteiger partial charge in [-0.2, -0.15) is 5.26 Å². The van der Waals surface area contributed by atoms with Crippen LogP contribution in [-0.4, -0.2) is 30.4 Å². The lowest BCUT2D eigenvalue weighted by Gasteiger charge is -2.44. The number of rotatable bonds is 2. The molecule has 0 unspecified atom stereocenters. The van der Waals surface area contributed by atoms with Gasteiger partial charge in [-0.3, -0.25) is 4.79 Å². The fourth-order valence-electron chi connectivity index (χ4n) is 3.58. The molecule has 0 saturated carbocycles. The molecule has 1 spiro atoms. The molecule has 3 rings (SSSR count). The standard InChI is InChI=1S/C17H21N3O/c18-12-14-2-4-15(5-3-14)13-20-11-1-6-17(16(20)21)7-9-19-10-8-17/h2-5,19H,1,6-11,13H2. The third kappa shape index (κ3) is 2.79. The summed E-state index contributed by atoms with van der Waals surface area (Å²) in [6.07, 6.45) is 4.07. The quantitative estimate of drug-likeness (QED) is 0.903. The monoisotopic (exact) mass is 283 g/mol. The van der Waals surface area contributed by atoms with E-state index in [1.165, 1.54) is 0 Å². The van der Waals surface area contributed by atoms with Crippen molar-refractivity contribution in [2.45, 2.75) is 32.2 Å². The van der Waals surface area contributed by atoms with E-state index >= 15 is 0 Å². The molecule has 0 aromatic heterocycles. The SMILES string of the molecule is N#Cc1ccc(CN2CCCC3(CCNCC3)C2=O)cc1. The Balaban J connectivity index is 1.72. The van der Waals surface area contributed by atoms with Gasteiger partial charge in [-0.15, -0.1) is 0 Å². The van der Waals surface area contributed by atoms with Crippen molar-refractivity contribution >= 4 is 5.91 Å². The molecule has 2 heterocycles. The van der Waals surface area contributed by atoms with Crippen molar-refractivity contribution in [2.75, 3.05) is 19.6 Å². The number of likely N-dealkylation sites (tertiary alicyclic amines) is 1. The fourth-order valence-corrected chi connectivity index (χ4v) is 3.58. The first kappa shape index (κ1) is 14.1. The molecule has 1 amide bonds. The number of carbonyl (C=O) groups excluding carboxylic acids is 1. The van der Waals surface area contributed by atoms with Crippen LogP contribution in [0.5, 0.6) is 0 Å². The van der Waals surface area contributed by atoms with Crippen LogP contribution in [0.15, 0.2) is 24.3 Å². The number of amides is 1. The zero-order chi connectivity index (χ0) is 14.7. The van der Waals surface area contributed by atoms with Crippen LogP contribution in [0.4, 0.5) is 0 Å². The van der Waals surface area contributed by atoms with E-state index in [1.54, 1.807) is 0 Å². The highest BCUT2D eigenvalue weighted by atomic mass is 16.2. The Morgan fingerprint density at radius 3 is 2.57 bits per heavy atom. The number of hydrogen-bond donors (Lipinski definition) is 1. The van der Waals surface area contributed by atoms with Crippen LogP contribution < -0.4 is 5.32 Å². The Kier molecular flexibility index (Phi) is 3.94. The number of nitriles is 1. The Bertz CT molecular complexity index is 547. The molecule has 4 heteroatoms. The molecule has 0 atom stereocenters. The van der Waals surface area contributed by atoms with E-state index in [-0.39, 0.29) is 5.41 Å². The predicted molar refractivity (Wildman–Crippen MR) is 80.3 cm³/mol. The Hall–Kier alpha value is -1.86. The zero-order valence-corrected chi connectivity index (χ0v) is 12.3. The summed E-state index contributed by atoms with van der Waals surface area (Å²) < 4.78 is 0. The Morgan fingerprint density at radius 2 is 1.90 bits per heavy atom. The van der Waals surface area contributed by atoms with Crippen molar-refractivity contribution in [3.05, 3.63) is 35.4 Å². The number of hydrogen-bond acceptors (Lipinski definition) is 3. The van der Waals surface area contributed by atoms with E-state index in [9.17, 15) is 4.79 Å². The summed E-state index contributed by atoms with van der Waals surface area (Å²) >= 11 is 0. The molecule has 4 nitrogen and oxygen atoms in total. The van der Waals surface area contributed by atoms with Crippen molar-refractivity contribution in [1.29, 1.82) is 5.26 Å². The lowest BCUT2D eigenvalue weighted by molar-refractivity contribution is -0.149. The maximum atomic E-state index is 12.9. The highest BCUT2D eigenvalue weighted by Gasteiger charge is 2.44. The van der Waals surface area contributed by atoms with E-state index in [0.29, 0.717) is 18.0 Å². The summed E-state index contributed by atoms with van der Waals surface area (Å²) in [7, 11) is 0. The highest BCUT2D eigenvalue weighted by molar-refractivity contribution is 5.83. The number of nitrogens with one attached hydrogen (secondary N) is 1. The van der Waals surface area contributed by atoms with Crippen LogP contribution in [0, 0.1) is 16.7 Å². The smallest absolute Gasteiger partial charge is 0.229 e. The molecule has 1 aromatic carbocycles. The summed E-state index contributed by atoms with van der Waals surface area (Å²) in [6, 6.07) is 9.68. The van der Waals surface area contributed by atoms with Crippen LogP contribution in [0.1, 0.15) is 36.8 Å². The van der Waals surface area contributed by atoms with Gasteiger partial charge in [0.1, 0.15) is 0 Å². The van der Waals surface area contributed by atoms with E-state index in [1.807, 2.05) is 29.2 Å². The molecule has 2 aliphatic rings. The van der Waals surface area contributed by atoms with Crippen LogP contribution in [0.2, 0.25) is 0 Å². The van der Waals surface area contributed by atoms with Gasteiger partial charge in [0.2, 0.25) is 5.91 Å². The lowest BCUT2D eigenvalue weighted by Crippen LogP contribution is -2.52. The average molecular weight is 283 g/mol. The molecule has 2 saturated heterocycles. The van der Waals surface area contributed by atoms with E-state index in [2.05, 4.69) is 11.4 Å². The zero-order valence-electron chi connectivity index (χ0n) is 12.3. The summed E-state index contributed by atoms with van der Waals surface area (Å²) in [5, 5.41) is 12.2. The lowest BCUT2D eigenvalue weighted by atomic mass is 9.72. The van der Waals surface area contributed by atoms with Crippen molar-refractivity contribution in [2.24, 2.45) is 5.41 Å². The van der Waals surface area contributed by atoms with Crippen molar-refractivity contribution in [3.8, 4) is 6.07 Å². The van der Waals surface area contributed by atoms with Crippen LogP contribution in [0.3, 0.4) is 0 Å². The van der Waals surface area contributed by atoms with Gasteiger partial charge in [0.05, 0.1) is 17.0 Å². The summed E-state index contributed by atoms with van der Waals surface area (Å²) in [4.78, 5) is 14.9. The Labute approximate surface area is 125 Å². The first-order chi connectivity index (χ1) is 10.2. The Morgan fingerprint density at radius 1 is 1.19 bits per heavy atom. The minimum Gasteiger partial charge on any atom is -0.338 e. The van der Waals surface area contributed by atoms with Gasteiger partial charge in [-0.25, -0.2) is 0 Å². The molecule has 0 radical (unpaired) electrons. The number of benzene rings is 1. The topological polar surface area (TPSA) is 56.1 Å². The third-order valence-electron chi connectivity index (χ3n) is 4.84. The van der Waals surface area contributed by atoms with Gasteiger partial charge < -0.3 is 10.2 Å². The third-order valence-corrected chi connectivity index (χ3v) is 4.84. The first-order valence-electron chi connectivity index (χ1n) is 7.73. The molecule has 21 heavy (non-hydrogen) atoms. The molecule has 110 valence electrons. The number of piperidine rings is 2. The van der Waals surface area contributed by atoms with E-state index < -0.39 is 0 Å². The second-order valence-electron chi connectivity index (χ2n) is 6.17. The summed E-state index contributed by atoms with van der Waals surface area (Å²) in [5.74, 6) is 0.333. The minimum absolute atomic E-state index is 0.115. The maximum Gasteiger partial charge on any atom is 0.229 e. The second-order valence-corrected chi connectivity index (χ2v) is 6.17. The van der Waals surface area contributed by atoms with Crippen LogP contribution in [0.25, 0.3) is 0 Å². The normalized spacial score (nSPS) is 21.3. The molecule has 2 aliphatic heterocycles. The van der Waals surface area contributed by atoms with Gasteiger partial charge in [0.15, 0.2) is 0 Å². The molecule has 0 bridgehead atoms. The maximum absolute atomic E-state index is 12.9. The molecule has 1 N–H and O–H groups in total. The molecule has 0 aliphatic carbocycles. The highest BCUT2D eigenvalue weighted by Crippen LogP contribution is 2.39. The van der Waals surface area contributed by atoms with E-state index in [4.69, 9.17) is 5.26 Å². The van der Waals surface area contributed by atoms with E-state index in [0.717, 1.165) is 50.9 Å². The number of carbonyl (C=O) groups is 1. The van der Waals surface area contributed by atoms with Gasteiger partial charge in [-0.1, -0.05) is 12.1 Å². The molecule has 1 aromatic rings. The van der Waals surface area contributed by atoms with Gasteiger partial charge in [-0.05, 0) is 56.5 Å². The van der Waals surface area contributed by atoms with Gasteiger partial charge in [0, 0.05) is 13.1 Å². The van der Waals surface area contributed by atoms with Crippen molar-refractivity contribution in [3.63, 3.8) is 0 Å². The average Bonchev–Trinajstić information content (AvgIpc) is 2.54. The fraction of sp³-hybridized carbons (Fsp3) is 0.529. The molecule has 2 fully saturated rings. The van der Waals surface area contributed by atoms with Crippen LogP contribution >= 0.6 is 0 Å². The largest absolute Gasteiger partial charge is 0.338 e. The van der Waals surface area contributed by atoms with Crippen LogP contribution in [-0.2, 0) is 11.3 Å². The molecular weight excluding hydrogens is 262 g/mol. The van der Waals surface area contributed by atoms with Crippen molar-refractivity contribution < 1.29 is 4.79 Å². The molecular formula is C17H21N3O. The number of nitrogens with zero attached hydrogens (tertiary/aromatic N) is 2. The van der Waals surface area contributed by atoms with Gasteiger partial charge >= 0.3 is 0 Å².